The fraction of sp³-hybridized carbons (Fsp3) is 0.750. The first-order chi connectivity index (χ1) is 9.34. The first-order valence-corrected chi connectivity index (χ1v) is 8.70. The molecular weight excluding hydrogens is 252 g/mol. The van der Waals surface area contributed by atoms with Gasteiger partial charge in [0.2, 0.25) is 0 Å². The van der Waals surface area contributed by atoms with Crippen LogP contribution in [0.5, 0.6) is 0 Å². The van der Waals surface area contributed by atoms with E-state index in [0.717, 1.165) is 0 Å². The summed E-state index contributed by atoms with van der Waals surface area (Å²) in [5.41, 5.74) is 0. The zero-order chi connectivity index (χ0) is 13.3. The number of nitrogens with one attached hydrogen (secondary N) is 1. The third-order valence-corrected chi connectivity index (χ3v) is 4.84. The summed E-state index contributed by atoms with van der Waals surface area (Å²) in [4.78, 5) is 4.15. The maximum atomic E-state index is 3.67. The number of aryl methyl sites for hydroxylation is 1. The summed E-state index contributed by atoms with van der Waals surface area (Å²) in [5, 5.41) is 5.85. The SMILES string of the molecule is CC(CN1CCCCC1)NCCCCc1cccs1. The van der Waals surface area contributed by atoms with Gasteiger partial charge in [-0.3, -0.25) is 0 Å². The number of nitrogens with zero attached hydrogens (tertiary/aromatic N) is 1. The minimum Gasteiger partial charge on any atom is -0.313 e. The average Bonchev–Trinajstić information content (AvgIpc) is 2.92. The van der Waals surface area contributed by atoms with E-state index in [1.165, 1.54) is 69.6 Å². The molecule has 2 rings (SSSR count). The van der Waals surface area contributed by atoms with Crippen LogP contribution in [-0.4, -0.2) is 37.1 Å². The van der Waals surface area contributed by atoms with E-state index in [1.54, 1.807) is 0 Å². The Hall–Kier alpha value is -0.380. The van der Waals surface area contributed by atoms with E-state index in [9.17, 15) is 0 Å². The van der Waals surface area contributed by atoms with Gasteiger partial charge in [0, 0.05) is 17.5 Å². The molecule has 1 atom stereocenters. The molecule has 1 aliphatic heterocycles. The number of hydrogen-bond acceptors (Lipinski definition) is 3. The minimum absolute atomic E-state index is 0.639. The normalized spacial score (nSPS) is 18.6. The molecule has 3 heteroatoms. The lowest BCUT2D eigenvalue weighted by atomic mass is 10.1. The van der Waals surface area contributed by atoms with Gasteiger partial charge in [-0.15, -0.1) is 11.3 Å². The molecule has 0 saturated carbocycles. The van der Waals surface area contributed by atoms with Gasteiger partial charge in [0.05, 0.1) is 0 Å². The third kappa shape index (κ3) is 6.07. The molecule has 0 aromatic carbocycles. The lowest BCUT2D eigenvalue weighted by Crippen LogP contribution is -2.41. The second kappa shape index (κ2) is 8.72. The maximum absolute atomic E-state index is 3.67. The molecule has 108 valence electrons. The molecule has 0 radical (unpaired) electrons. The third-order valence-electron chi connectivity index (χ3n) is 3.90. The Balaban J connectivity index is 1.48. The Morgan fingerprint density at radius 1 is 1.26 bits per heavy atom. The molecule has 1 aromatic rings. The van der Waals surface area contributed by atoms with Crippen molar-refractivity contribution < 1.29 is 0 Å². The molecule has 2 heterocycles. The van der Waals surface area contributed by atoms with E-state index >= 15 is 0 Å². The number of rotatable bonds is 8. The van der Waals surface area contributed by atoms with Crippen LogP contribution in [0.4, 0.5) is 0 Å². The molecule has 0 aliphatic carbocycles. The van der Waals surface area contributed by atoms with Crippen LogP contribution in [0.3, 0.4) is 0 Å². The molecular formula is C16H28N2S. The highest BCUT2D eigenvalue weighted by Gasteiger charge is 2.12. The highest BCUT2D eigenvalue weighted by molar-refractivity contribution is 7.09. The monoisotopic (exact) mass is 280 g/mol. The van der Waals surface area contributed by atoms with Crippen molar-refractivity contribution in [2.45, 2.75) is 51.5 Å². The van der Waals surface area contributed by atoms with Crippen LogP contribution < -0.4 is 5.32 Å². The molecule has 1 aromatic heterocycles. The van der Waals surface area contributed by atoms with Crippen LogP contribution in [0.2, 0.25) is 0 Å². The summed E-state index contributed by atoms with van der Waals surface area (Å²) in [6.07, 6.45) is 8.08. The van der Waals surface area contributed by atoms with E-state index in [0.29, 0.717) is 6.04 Å². The van der Waals surface area contributed by atoms with Gasteiger partial charge in [0.25, 0.3) is 0 Å². The molecule has 0 spiro atoms. The summed E-state index contributed by atoms with van der Waals surface area (Å²) >= 11 is 1.88. The van der Waals surface area contributed by atoms with Gasteiger partial charge in [-0.05, 0) is 70.1 Å². The van der Waals surface area contributed by atoms with Crippen molar-refractivity contribution in [3.05, 3.63) is 22.4 Å². The first kappa shape index (κ1) is 15.0. The number of hydrogen-bond donors (Lipinski definition) is 1. The summed E-state index contributed by atoms with van der Waals surface area (Å²) in [7, 11) is 0. The van der Waals surface area contributed by atoms with Crippen molar-refractivity contribution in [2.24, 2.45) is 0 Å². The highest BCUT2D eigenvalue weighted by atomic mass is 32.1. The van der Waals surface area contributed by atoms with Gasteiger partial charge in [-0.1, -0.05) is 12.5 Å². The predicted octanol–water partition coefficient (Wildman–Crippen LogP) is 3.53. The Labute approximate surface area is 122 Å². The molecule has 1 saturated heterocycles. The number of likely N-dealkylation sites (tertiary alicyclic amines) is 1. The lowest BCUT2D eigenvalue weighted by molar-refractivity contribution is 0.209. The van der Waals surface area contributed by atoms with E-state index in [4.69, 9.17) is 0 Å². The van der Waals surface area contributed by atoms with Crippen LogP contribution in [0.25, 0.3) is 0 Å². The van der Waals surface area contributed by atoms with Gasteiger partial charge in [-0.2, -0.15) is 0 Å². The van der Waals surface area contributed by atoms with Crippen LogP contribution in [0.1, 0.15) is 43.9 Å². The number of thiophene rings is 1. The van der Waals surface area contributed by atoms with Crippen molar-refractivity contribution in [3.8, 4) is 0 Å². The van der Waals surface area contributed by atoms with E-state index in [1.807, 2.05) is 11.3 Å². The molecule has 1 fully saturated rings. The van der Waals surface area contributed by atoms with Crippen LogP contribution in [0.15, 0.2) is 17.5 Å². The standard InChI is InChI=1S/C16H28N2S/c1-15(14-18-11-5-2-6-12-18)17-10-4-3-8-16-9-7-13-19-16/h7,9,13,15,17H,2-6,8,10-12,14H2,1H3. The lowest BCUT2D eigenvalue weighted by Gasteiger charge is -2.29. The summed E-state index contributed by atoms with van der Waals surface area (Å²) in [6.45, 7) is 7.34. The van der Waals surface area contributed by atoms with Crippen LogP contribution >= 0.6 is 11.3 Å². The summed E-state index contributed by atoms with van der Waals surface area (Å²) in [6, 6.07) is 5.04. The minimum atomic E-state index is 0.639. The molecule has 1 aliphatic rings. The Morgan fingerprint density at radius 2 is 2.11 bits per heavy atom. The quantitative estimate of drug-likeness (QED) is 0.733. The average molecular weight is 280 g/mol. The molecule has 1 unspecified atom stereocenters. The second-order valence-electron chi connectivity index (χ2n) is 5.75. The Morgan fingerprint density at radius 3 is 2.84 bits per heavy atom. The summed E-state index contributed by atoms with van der Waals surface area (Å²) in [5.74, 6) is 0. The van der Waals surface area contributed by atoms with Gasteiger partial charge >= 0.3 is 0 Å². The Bertz CT molecular complexity index is 317. The molecule has 0 amide bonds. The maximum Gasteiger partial charge on any atom is 0.0166 e. The van der Waals surface area contributed by atoms with Gasteiger partial charge in [0.15, 0.2) is 0 Å². The highest BCUT2D eigenvalue weighted by Crippen LogP contribution is 2.12. The van der Waals surface area contributed by atoms with Gasteiger partial charge in [0.1, 0.15) is 0 Å². The molecule has 19 heavy (non-hydrogen) atoms. The van der Waals surface area contributed by atoms with Crippen molar-refractivity contribution in [2.75, 3.05) is 26.2 Å². The number of piperidine rings is 1. The van der Waals surface area contributed by atoms with Gasteiger partial charge < -0.3 is 10.2 Å². The second-order valence-corrected chi connectivity index (χ2v) is 6.79. The number of unbranched alkanes of at least 4 members (excludes halogenated alkanes) is 1. The zero-order valence-corrected chi connectivity index (χ0v) is 13.1. The smallest absolute Gasteiger partial charge is 0.0166 e. The Kier molecular flexibility index (Phi) is 6.90. The van der Waals surface area contributed by atoms with Crippen molar-refractivity contribution in [1.82, 2.24) is 10.2 Å². The topological polar surface area (TPSA) is 15.3 Å². The van der Waals surface area contributed by atoms with Crippen LogP contribution in [0, 0.1) is 0 Å². The molecule has 0 bridgehead atoms. The first-order valence-electron chi connectivity index (χ1n) is 7.83. The van der Waals surface area contributed by atoms with E-state index in [2.05, 4.69) is 34.7 Å². The van der Waals surface area contributed by atoms with Crippen LogP contribution in [-0.2, 0) is 6.42 Å². The molecule has 1 N–H and O–H groups in total. The zero-order valence-electron chi connectivity index (χ0n) is 12.2. The largest absolute Gasteiger partial charge is 0.313 e. The molecule has 2 nitrogen and oxygen atoms in total. The fourth-order valence-corrected chi connectivity index (χ4v) is 3.57. The van der Waals surface area contributed by atoms with Crippen molar-refractivity contribution in [1.29, 1.82) is 0 Å². The predicted molar refractivity (Wildman–Crippen MR) is 85.0 cm³/mol. The van der Waals surface area contributed by atoms with Crippen molar-refractivity contribution >= 4 is 11.3 Å². The fourth-order valence-electron chi connectivity index (χ4n) is 2.82. The van der Waals surface area contributed by atoms with Gasteiger partial charge in [-0.25, -0.2) is 0 Å². The van der Waals surface area contributed by atoms with Crippen molar-refractivity contribution in [3.63, 3.8) is 0 Å². The summed E-state index contributed by atoms with van der Waals surface area (Å²) < 4.78 is 0. The van der Waals surface area contributed by atoms with E-state index < -0.39 is 0 Å². The van der Waals surface area contributed by atoms with E-state index in [-0.39, 0.29) is 0 Å².